The Hall–Kier alpha value is -0.690. The molecule has 1 fully saturated rings. The molecule has 19 heavy (non-hydrogen) atoms. The summed E-state index contributed by atoms with van der Waals surface area (Å²) < 4.78 is 5.73. The van der Waals surface area contributed by atoms with E-state index in [1.807, 2.05) is 12.1 Å². The van der Waals surface area contributed by atoms with Crippen LogP contribution in [0.1, 0.15) is 32.3 Å². The Morgan fingerprint density at radius 2 is 2.32 bits per heavy atom. The summed E-state index contributed by atoms with van der Waals surface area (Å²) in [5, 5.41) is 9.55. The quantitative estimate of drug-likeness (QED) is 0.769. The molecule has 1 aliphatic rings. The van der Waals surface area contributed by atoms with E-state index in [4.69, 9.17) is 21.6 Å². The van der Waals surface area contributed by atoms with E-state index in [-0.39, 0.29) is 5.60 Å². The number of hydrogen-bond donors (Lipinski definition) is 0. The Balaban J connectivity index is 1.98. The van der Waals surface area contributed by atoms with Crippen molar-refractivity contribution < 1.29 is 4.74 Å². The molecule has 1 aliphatic heterocycles. The first-order chi connectivity index (χ1) is 9.02. The van der Waals surface area contributed by atoms with Gasteiger partial charge in [0, 0.05) is 17.3 Å². The van der Waals surface area contributed by atoms with Gasteiger partial charge in [-0.05, 0) is 44.7 Å². The molecule has 1 aromatic carbocycles. The van der Waals surface area contributed by atoms with Gasteiger partial charge in [-0.3, -0.25) is 0 Å². The molecule has 1 saturated heterocycles. The van der Waals surface area contributed by atoms with Crippen molar-refractivity contribution >= 4 is 23.4 Å². The molecule has 1 atom stereocenters. The van der Waals surface area contributed by atoms with Crippen LogP contribution in [0, 0.1) is 17.2 Å². The first-order valence-corrected chi connectivity index (χ1v) is 7.83. The van der Waals surface area contributed by atoms with E-state index < -0.39 is 0 Å². The molecule has 0 amide bonds. The number of rotatable bonds is 3. The van der Waals surface area contributed by atoms with Gasteiger partial charge in [-0.15, -0.1) is 11.8 Å². The molecule has 2 nitrogen and oxygen atoms in total. The smallest absolute Gasteiger partial charge is 0.101 e. The Bertz CT molecular complexity index is 495. The van der Waals surface area contributed by atoms with E-state index in [0.717, 1.165) is 30.1 Å². The van der Waals surface area contributed by atoms with Crippen molar-refractivity contribution in [3.63, 3.8) is 0 Å². The number of benzene rings is 1. The highest BCUT2D eigenvalue weighted by molar-refractivity contribution is 7.99. The van der Waals surface area contributed by atoms with Crippen molar-refractivity contribution in [2.24, 2.45) is 5.92 Å². The van der Waals surface area contributed by atoms with Crippen molar-refractivity contribution in [2.45, 2.75) is 37.2 Å². The molecule has 4 heteroatoms. The first kappa shape index (κ1) is 14.7. The zero-order valence-electron chi connectivity index (χ0n) is 11.3. The summed E-state index contributed by atoms with van der Waals surface area (Å²) in [5.74, 6) is 1.68. The van der Waals surface area contributed by atoms with Gasteiger partial charge in [0.2, 0.25) is 0 Å². The average Bonchev–Trinajstić information content (AvgIpc) is 2.36. The lowest BCUT2D eigenvalue weighted by Gasteiger charge is -2.35. The molecule has 102 valence electrons. The predicted octanol–water partition coefficient (Wildman–Crippen LogP) is 4.51. The Morgan fingerprint density at radius 1 is 1.53 bits per heavy atom. The molecule has 0 aliphatic carbocycles. The van der Waals surface area contributed by atoms with Gasteiger partial charge in [0.25, 0.3) is 0 Å². The van der Waals surface area contributed by atoms with Crippen LogP contribution >= 0.6 is 23.4 Å². The molecule has 1 aromatic rings. The Labute approximate surface area is 124 Å². The maximum Gasteiger partial charge on any atom is 0.101 e. The summed E-state index contributed by atoms with van der Waals surface area (Å²) >= 11 is 7.96. The summed E-state index contributed by atoms with van der Waals surface area (Å²) in [6.07, 6.45) is 2.18. The molecule has 0 bridgehead atoms. The zero-order valence-corrected chi connectivity index (χ0v) is 12.9. The van der Waals surface area contributed by atoms with E-state index in [2.05, 4.69) is 19.9 Å². The lowest BCUT2D eigenvalue weighted by molar-refractivity contribution is -0.0682. The molecule has 0 spiro atoms. The summed E-state index contributed by atoms with van der Waals surface area (Å²) in [6, 6.07) is 7.75. The van der Waals surface area contributed by atoms with E-state index in [0.29, 0.717) is 16.5 Å². The number of ether oxygens (including phenoxy) is 1. The van der Waals surface area contributed by atoms with Crippen LogP contribution in [0.25, 0.3) is 0 Å². The lowest BCUT2D eigenvalue weighted by Crippen LogP contribution is -2.34. The van der Waals surface area contributed by atoms with Crippen molar-refractivity contribution in [3.05, 3.63) is 28.8 Å². The maximum atomic E-state index is 8.97. The fourth-order valence-corrected chi connectivity index (χ4v) is 3.86. The van der Waals surface area contributed by atoms with Crippen LogP contribution < -0.4 is 0 Å². The first-order valence-electron chi connectivity index (χ1n) is 6.47. The molecule has 0 radical (unpaired) electrons. The molecule has 0 aromatic heterocycles. The largest absolute Gasteiger partial charge is 0.376 e. The number of nitrogens with zero attached hydrogens (tertiary/aromatic N) is 1. The van der Waals surface area contributed by atoms with E-state index in [1.165, 1.54) is 0 Å². The molecule has 1 unspecified atom stereocenters. The molecule has 1 heterocycles. The van der Waals surface area contributed by atoms with Crippen molar-refractivity contribution in [1.82, 2.24) is 0 Å². The van der Waals surface area contributed by atoms with Gasteiger partial charge in [-0.25, -0.2) is 0 Å². The van der Waals surface area contributed by atoms with Crippen molar-refractivity contribution in [3.8, 4) is 6.07 Å². The second kappa shape index (κ2) is 6.17. The zero-order chi connectivity index (χ0) is 13.9. The Kier molecular flexibility index (Phi) is 4.78. The van der Waals surface area contributed by atoms with Crippen LogP contribution in [0.2, 0.25) is 5.02 Å². The summed E-state index contributed by atoms with van der Waals surface area (Å²) in [5.41, 5.74) is 0.542. The lowest BCUT2D eigenvalue weighted by atomic mass is 9.90. The van der Waals surface area contributed by atoms with Crippen molar-refractivity contribution in [2.75, 3.05) is 12.4 Å². The molecule has 0 N–H and O–H groups in total. The third-order valence-corrected chi connectivity index (χ3v) is 5.17. The third-order valence-electron chi connectivity index (χ3n) is 3.36. The molecule has 0 saturated carbocycles. The van der Waals surface area contributed by atoms with Crippen LogP contribution in [-0.2, 0) is 4.74 Å². The second-order valence-corrected chi connectivity index (χ2v) is 6.95. The second-order valence-electron chi connectivity index (χ2n) is 5.51. The van der Waals surface area contributed by atoms with Crippen LogP contribution in [0.3, 0.4) is 0 Å². The molecular formula is C15H18ClNOS. The van der Waals surface area contributed by atoms with Gasteiger partial charge in [-0.2, -0.15) is 5.26 Å². The van der Waals surface area contributed by atoms with Gasteiger partial charge in [-0.1, -0.05) is 17.7 Å². The monoisotopic (exact) mass is 295 g/mol. The minimum Gasteiger partial charge on any atom is -0.376 e. The summed E-state index contributed by atoms with van der Waals surface area (Å²) in [7, 11) is 0. The van der Waals surface area contributed by atoms with E-state index in [9.17, 15) is 0 Å². The summed E-state index contributed by atoms with van der Waals surface area (Å²) in [4.78, 5) is 1.00. The Morgan fingerprint density at radius 3 is 3.00 bits per heavy atom. The number of thioether (sulfide) groups is 1. The third kappa shape index (κ3) is 3.89. The van der Waals surface area contributed by atoms with Gasteiger partial charge in [0.15, 0.2) is 0 Å². The molecule has 2 rings (SSSR count). The van der Waals surface area contributed by atoms with Crippen LogP contribution in [-0.4, -0.2) is 18.0 Å². The number of nitriles is 1. The van der Waals surface area contributed by atoms with E-state index in [1.54, 1.807) is 17.8 Å². The number of halogens is 1. The standard InChI is InChI=1S/C15H18ClNOS/c1-15(2)8-11(6-7-18-15)10-19-13-5-3-4-12(9-17)14(13)16/h3-5,11H,6-8,10H2,1-2H3. The highest BCUT2D eigenvalue weighted by atomic mass is 35.5. The minimum atomic E-state index is -0.0121. The topological polar surface area (TPSA) is 33.0 Å². The minimum absolute atomic E-state index is 0.0121. The maximum absolute atomic E-state index is 8.97. The highest BCUT2D eigenvalue weighted by Gasteiger charge is 2.28. The van der Waals surface area contributed by atoms with E-state index >= 15 is 0 Å². The van der Waals surface area contributed by atoms with Gasteiger partial charge < -0.3 is 4.74 Å². The van der Waals surface area contributed by atoms with Crippen LogP contribution in [0.4, 0.5) is 0 Å². The highest BCUT2D eigenvalue weighted by Crippen LogP contribution is 2.35. The SMILES string of the molecule is CC1(C)CC(CSc2cccc(C#N)c2Cl)CCO1. The van der Waals surface area contributed by atoms with Crippen molar-refractivity contribution in [1.29, 1.82) is 5.26 Å². The van der Waals surface area contributed by atoms with Crippen LogP contribution in [0.15, 0.2) is 23.1 Å². The number of hydrogen-bond acceptors (Lipinski definition) is 3. The average molecular weight is 296 g/mol. The van der Waals surface area contributed by atoms with Crippen LogP contribution in [0.5, 0.6) is 0 Å². The predicted molar refractivity (Wildman–Crippen MR) is 79.6 cm³/mol. The fourth-order valence-electron chi connectivity index (χ4n) is 2.42. The summed E-state index contributed by atoms with van der Waals surface area (Å²) in [6.45, 7) is 5.13. The van der Waals surface area contributed by atoms with Gasteiger partial charge in [0.1, 0.15) is 6.07 Å². The fraction of sp³-hybridized carbons (Fsp3) is 0.533. The van der Waals surface area contributed by atoms with Gasteiger partial charge >= 0.3 is 0 Å². The molecular weight excluding hydrogens is 278 g/mol. The van der Waals surface area contributed by atoms with Gasteiger partial charge in [0.05, 0.1) is 16.2 Å². The normalized spacial score (nSPS) is 21.9.